The number of carboxylic acids is 1. The number of aliphatic hydroxyl groups is 3. The lowest BCUT2D eigenvalue weighted by Crippen LogP contribution is -2.32. The molecule has 2 heterocycles. The number of ether oxygens (including phenoxy) is 1. The normalized spacial score (nSPS) is 32.9. The van der Waals surface area contributed by atoms with Crippen LogP contribution in [0.15, 0.2) is 0 Å². The number of hydrogen-bond donors (Lipinski definition) is 5. The van der Waals surface area contributed by atoms with Crippen LogP contribution in [0.25, 0.3) is 0 Å². The van der Waals surface area contributed by atoms with Crippen molar-refractivity contribution in [1.82, 2.24) is 15.4 Å². The number of aromatic nitrogens is 3. The van der Waals surface area contributed by atoms with E-state index in [9.17, 15) is 15.0 Å². The summed E-state index contributed by atoms with van der Waals surface area (Å²) in [5, 5.41) is 45.9. The number of H-pyrrole nitrogens is 1. The second kappa shape index (κ2) is 4.37. The van der Waals surface area contributed by atoms with Crippen LogP contribution in [0.1, 0.15) is 22.3 Å². The van der Waals surface area contributed by atoms with Gasteiger partial charge in [0.25, 0.3) is 0 Å². The minimum atomic E-state index is -1.35. The number of carbonyl (C=O) groups is 1. The van der Waals surface area contributed by atoms with Crippen LogP contribution in [-0.4, -0.2) is 66.7 Å². The number of nitrogens with one attached hydrogen (secondary N) is 1. The van der Waals surface area contributed by atoms with E-state index in [0.29, 0.717) is 0 Å². The zero-order valence-electron chi connectivity index (χ0n) is 8.52. The first-order chi connectivity index (χ1) is 8.06. The maximum atomic E-state index is 10.8. The predicted octanol–water partition coefficient (Wildman–Crippen LogP) is -2.34. The first-order valence-electron chi connectivity index (χ1n) is 4.83. The van der Waals surface area contributed by atoms with Crippen molar-refractivity contribution >= 4 is 5.97 Å². The Kier molecular flexibility index (Phi) is 3.07. The molecule has 0 aliphatic carbocycles. The van der Waals surface area contributed by atoms with Crippen molar-refractivity contribution in [3.63, 3.8) is 0 Å². The van der Waals surface area contributed by atoms with Gasteiger partial charge in [0.05, 0.1) is 6.61 Å². The van der Waals surface area contributed by atoms with Crippen molar-refractivity contribution < 1.29 is 30.0 Å². The molecule has 9 nitrogen and oxygen atoms in total. The molecule has 0 spiro atoms. The smallest absolute Gasteiger partial charge is 0.358 e. The Bertz CT molecular complexity index is 421. The standard InChI is InChI=1S/C8H11N3O6/c12-1-2-5(13)6(14)7(17-2)3-4(8(15)16)10-11-9-3/h2,5-7,12-14H,1H2,(H,15,16)(H,9,10,11)/t2-,5-,6-,7?/m1/s1. The molecule has 2 rings (SSSR count). The van der Waals surface area contributed by atoms with Crippen molar-refractivity contribution in [1.29, 1.82) is 0 Å². The van der Waals surface area contributed by atoms with Gasteiger partial charge in [0.15, 0.2) is 5.69 Å². The largest absolute Gasteiger partial charge is 0.476 e. The molecule has 0 aromatic carbocycles. The summed E-state index contributed by atoms with van der Waals surface area (Å²) in [6.45, 7) is -0.487. The second-order valence-corrected chi connectivity index (χ2v) is 3.64. The monoisotopic (exact) mass is 245 g/mol. The fraction of sp³-hybridized carbons (Fsp3) is 0.625. The zero-order chi connectivity index (χ0) is 12.6. The number of hydrogen-bond acceptors (Lipinski definition) is 7. The van der Waals surface area contributed by atoms with Crippen molar-refractivity contribution in [3.05, 3.63) is 11.4 Å². The van der Waals surface area contributed by atoms with Crippen molar-refractivity contribution in [2.75, 3.05) is 6.61 Å². The van der Waals surface area contributed by atoms with Gasteiger partial charge in [0.2, 0.25) is 0 Å². The van der Waals surface area contributed by atoms with E-state index in [-0.39, 0.29) is 11.4 Å². The van der Waals surface area contributed by atoms with Crippen LogP contribution < -0.4 is 0 Å². The highest BCUT2D eigenvalue weighted by atomic mass is 16.6. The number of nitrogens with zero attached hydrogens (tertiary/aromatic N) is 2. The van der Waals surface area contributed by atoms with Crippen molar-refractivity contribution in [2.24, 2.45) is 0 Å². The van der Waals surface area contributed by atoms with Crippen LogP contribution in [-0.2, 0) is 4.74 Å². The Morgan fingerprint density at radius 1 is 1.41 bits per heavy atom. The molecule has 1 aromatic heterocycles. The lowest BCUT2D eigenvalue weighted by Gasteiger charge is -2.12. The van der Waals surface area contributed by atoms with Gasteiger partial charge in [-0.25, -0.2) is 4.79 Å². The van der Waals surface area contributed by atoms with Gasteiger partial charge in [-0.3, -0.25) is 5.10 Å². The molecular weight excluding hydrogens is 234 g/mol. The lowest BCUT2D eigenvalue weighted by molar-refractivity contribution is -0.0242. The van der Waals surface area contributed by atoms with E-state index in [2.05, 4.69) is 15.4 Å². The maximum absolute atomic E-state index is 10.8. The number of rotatable bonds is 3. The zero-order valence-corrected chi connectivity index (χ0v) is 8.52. The van der Waals surface area contributed by atoms with Crippen LogP contribution in [0.4, 0.5) is 0 Å². The van der Waals surface area contributed by atoms with Gasteiger partial charge < -0.3 is 25.2 Å². The molecule has 0 saturated carbocycles. The third-order valence-corrected chi connectivity index (χ3v) is 2.61. The van der Waals surface area contributed by atoms with E-state index in [1.54, 1.807) is 0 Å². The number of aromatic carboxylic acids is 1. The number of carboxylic acid groups (broad SMARTS) is 1. The number of aromatic amines is 1. The average molecular weight is 245 g/mol. The molecule has 1 aliphatic heterocycles. The third kappa shape index (κ3) is 1.89. The summed E-state index contributed by atoms with van der Waals surface area (Å²) < 4.78 is 5.15. The third-order valence-electron chi connectivity index (χ3n) is 2.61. The molecule has 17 heavy (non-hydrogen) atoms. The molecule has 94 valence electrons. The fourth-order valence-electron chi connectivity index (χ4n) is 1.73. The van der Waals surface area contributed by atoms with Gasteiger partial charge in [-0.15, -0.1) is 5.10 Å². The van der Waals surface area contributed by atoms with Gasteiger partial charge in [-0.2, -0.15) is 0 Å². The first kappa shape index (κ1) is 11.9. The highest BCUT2D eigenvalue weighted by Gasteiger charge is 2.45. The van der Waals surface area contributed by atoms with Gasteiger partial charge in [0.1, 0.15) is 30.1 Å². The SMILES string of the molecule is O=C(O)c1nn[nH]c1C1O[C@H](CO)[C@@H](O)[C@H]1O. The molecule has 4 atom stereocenters. The van der Waals surface area contributed by atoms with Crippen LogP contribution in [0, 0.1) is 0 Å². The molecule has 1 unspecified atom stereocenters. The molecule has 1 aromatic rings. The summed E-state index contributed by atoms with van der Waals surface area (Å²) in [7, 11) is 0. The Balaban J connectivity index is 2.29. The van der Waals surface area contributed by atoms with Crippen molar-refractivity contribution in [2.45, 2.75) is 24.4 Å². The summed E-state index contributed by atoms with van der Waals surface area (Å²) in [5.41, 5.74) is -0.431. The van der Waals surface area contributed by atoms with Gasteiger partial charge in [0, 0.05) is 0 Å². The van der Waals surface area contributed by atoms with E-state index in [1.807, 2.05) is 0 Å². The summed E-state index contributed by atoms with van der Waals surface area (Å²) in [5.74, 6) is -1.33. The van der Waals surface area contributed by atoms with E-state index in [1.165, 1.54) is 0 Å². The minimum Gasteiger partial charge on any atom is -0.476 e. The average Bonchev–Trinajstić information content (AvgIpc) is 2.86. The van der Waals surface area contributed by atoms with Crippen LogP contribution in [0.5, 0.6) is 0 Å². The fourth-order valence-corrected chi connectivity index (χ4v) is 1.73. The highest BCUT2D eigenvalue weighted by molar-refractivity contribution is 5.86. The molecule has 1 fully saturated rings. The minimum absolute atomic E-state index is 0.0417. The van der Waals surface area contributed by atoms with Gasteiger partial charge >= 0.3 is 5.97 Å². The molecule has 1 saturated heterocycles. The molecule has 0 bridgehead atoms. The topological polar surface area (TPSA) is 149 Å². The van der Waals surface area contributed by atoms with E-state index in [4.69, 9.17) is 14.9 Å². The Morgan fingerprint density at radius 2 is 2.12 bits per heavy atom. The van der Waals surface area contributed by atoms with Gasteiger partial charge in [-0.05, 0) is 0 Å². The van der Waals surface area contributed by atoms with Crippen molar-refractivity contribution in [3.8, 4) is 0 Å². The summed E-state index contributed by atoms with van der Waals surface area (Å²) in [6.07, 6.45) is -4.73. The number of aliphatic hydroxyl groups excluding tert-OH is 3. The highest BCUT2D eigenvalue weighted by Crippen LogP contribution is 2.33. The first-order valence-corrected chi connectivity index (χ1v) is 4.83. The van der Waals surface area contributed by atoms with Crippen LogP contribution >= 0.6 is 0 Å². The summed E-state index contributed by atoms with van der Waals surface area (Å²) >= 11 is 0. The molecule has 0 amide bonds. The molecule has 1 aliphatic rings. The Morgan fingerprint density at radius 3 is 2.65 bits per heavy atom. The van der Waals surface area contributed by atoms with E-state index >= 15 is 0 Å². The molecule has 5 N–H and O–H groups in total. The Labute approximate surface area is 94.7 Å². The van der Waals surface area contributed by atoms with Gasteiger partial charge in [-0.1, -0.05) is 5.21 Å². The van der Waals surface area contributed by atoms with E-state index < -0.39 is 37.0 Å². The predicted molar refractivity (Wildman–Crippen MR) is 50.1 cm³/mol. The lowest BCUT2D eigenvalue weighted by atomic mass is 10.0. The van der Waals surface area contributed by atoms with E-state index in [0.717, 1.165) is 0 Å². The molecule has 9 heteroatoms. The summed E-state index contributed by atoms with van der Waals surface area (Å²) in [6, 6.07) is 0. The quantitative estimate of drug-likeness (QED) is 0.397. The second-order valence-electron chi connectivity index (χ2n) is 3.64. The Hall–Kier alpha value is -1.55. The maximum Gasteiger partial charge on any atom is 0.358 e. The van der Waals surface area contributed by atoms with Crippen LogP contribution in [0.3, 0.4) is 0 Å². The van der Waals surface area contributed by atoms with Crippen LogP contribution in [0.2, 0.25) is 0 Å². The molecule has 0 radical (unpaired) electrons. The molecular formula is C8H11N3O6. The summed E-state index contributed by atoms with van der Waals surface area (Å²) in [4.78, 5) is 10.8.